The van der Waals surface area contributed by atoms with E-state index in [0.29, 0.717) is 6.54 Å². The fourth-order valence-corrected chi connectivity index (χ4v) is 1.75. The van der Waals surface area contributed by atoms with Crippen LogP contribution in [0, 0.1) is 19.7 Å². The summed E-state index contributed by atoms with van der Waals surface area (Å²) in [6.45, 7) is 6.42. The van der Waals surface area contributed by atoms with Crippen LogP contribution < -0.4 is 5.73 Å². The molecule has 0 aliphatic carbocycles. The second-order valence-corrected chi connectivity index (χ2v) is 3.96. The number of rotatable bonds is 3. The molecule has 1 unspecified atom stereocenters. The fraction of sp³-hybridized carbons (Fsp3) is 0.500. The van der Waals surface area contributed by atoms with Crippen molar-refractivity contribution in [3.05, 3.63) is 34.6 Å². The summed E-state index contributed by atoms with van der Waals surface area (Å²) in [5.41, 5.74) is 8.11. The summed E-state index contributed by atoms with van der Waals surface area (Å²) >= 11 is 0. The molecule has 1 aromatic rings. The van der Waals surface area contributed by atoms with Crippen molar-refractivity contribution in [2.45, 2.75) is 33.1 Å². The van der Waals surface area contributed by atoms with Crippen molar-refractivity contribution in [1.29, 1.82) is 0 Å². The summed E-state index contributed by atoms with van der Waals surface area (Å²) in [5, 5.41) is 0. The third-order valence-electron chi connectivity index (χ3n) is 2.56. The van der Waals surface area contributed by atoms with Crippen LogP contribution in [0.15, 0.2) is 12.1 Å². The van der Waals surface area contributed by atoms with Crippen LogP contribution in [0.25, 0.3) is 0 Å². The first-order valence-electron chi connectivity index (χ1n) is 5.03. The average Bonchev–Trinajstić information content (AvgIpc) is 2.11. The van der Waals surface area contributed by atoms with Gasteiger partial charge in [0.15, 0.2) is 0 Å². The molecule has 0 amide bonds. The quantitative estimate of drug-likeness (QED) is 0.788. The highest BCUT2D eigenvalue weighted by Crippen LogP contribution is 2.24. The van der Waals surface area contributed by atoms with Gasteiger partial charge in [-0.2, -0.15) is 0 Å². The molecule has 0 saturated carbocycles. The fourth-order valence-electron chi connectivity index (χ4n) is 1.75. The Morgan fingerprint density at radius 3 is 2.57 bits per heavy atom. The highest BCUT2D eigenvalue weighted by Gasteiger charge is 2.12. The first kappa shape index (κ1) is 11.2. The Hall–Kier alpha value is -0.890. The van der Waals surface area contributed by atoms with Gasteiger partial charge in [0.05, 0.1) is 0 Å². The van der Waals surface area contributed by atoms with E-state index in [1.807, 2.05) is 26.0 Å². The van der Waals surface area contributed by atoms with E-state index in [1.54, 1.807) is 6.92 Å². The smallest absolute Gasteiger partial charge is 0.129 e. The molecule has 0 aliphatic heterocycles. The lowest BCUT2D eigenvalue weighted by Gasteiger charge is -2.14. The van der Waals surface area contributed by atoms with E-state index in [1.165, 1.54) is 0 Å². The van der Waals surface area contributed by atoms with Crippen LogP contribution in [-0.2, 0) is 0 Å². The average molecular weight is 195 g/mol. The maximum absolute atomic E-state index is 13.7. The van der Waals surface area contributed by atoms with E-state index in [2.05, 4.69) is 0 Å². The molecule has 1 nitrogen and oxygen atoms in total. The topological polar surface area (TPSA) is 26.0 Å². The third kappa shape index (κ3) is 2.32. The highest BCUT2D eigenvalue weighted by molar-refractivity contribution is 5.32. The molecule has 2 heteroatoms. The van der Waals surface area contributed by atoms with Crippen LogP contribution in [0.1, 0.15) is 36.0 Å². The van der Waals surface area contributed by atoms with Crippen LogP contribution in [-0.4, -0.2) is 6.54 Å². The molecule has 1 rings (SSSR count). The van der Waals surface area contributed by atoms with Crippen molar-refractivity contribution in [3.8, 4) is 0 Å². The van der Waals surface area contributed by atoms with E-state index in [-0.39, 0.29) is 11.7 Å². The van der Waals surface area contributed by atoms with Gasteiger partial charge in [-0.1, -0.05) is 24.6 Å². The first-order valence-corrected chi connectivity index (χ1v) is 5.03. The zero-order valence-electron chi connectivity index (χ0n) is 9.10. The van der Waals surface area contributed by atoms with E-state index >= 15 is 0 Å². The summed E-state index contributed by atoms with van der Waals surface area (Å²) in [7, 11) is 0. The monoisotopic (exact) mass is 195 g/mol. The molecular weight excluding hydrogens is 177 g/mol. The van der Waals surface area contributed by atoms with Crippen LogP contribution in [0.2, 0.25) is 0 Å². The molecular formula is C12H18FN. The van der Waals surface area contributed by atoms with Gasteiger partial charge in [-0.15, -0.1) is 0 Å². The second-order valence-electron chi connectivity index (χ2n) is 3.96. The Morgan fingerprint density at radius 2 is 2.00 bits per heavy atom. The number of halogens is 1. The SMILES string of the molecule is Cc1cc(C)c(F)c(C(C)CCN)c1. The molecule has 78 valence electrons. The lowest BCUT2D eigenvalue weighted by molar-refractivity contribution is 0.569. The first-order chi connectivity index (χ1) is 6.56. The summed E-state index contributed by atoms with van der Waals surface area (Å²) in [4.78, 5) is 0. The normalized spacial score (nSPS) is 12.9. The number of benzene rings is 1. The molecule has 2 N–H and O–H groups in total. The molecule has 1 atom stereocenters. The van der Waals surface area contributed by atoms with Crippen molar-refractivity contribution in [3.63, 3.8) is 0 Å². The molecule has 14 heavy (non-hydrogen) atoms. The van der Waals surface area contributed by atoms with Crippen molar-refractivity contribution < 1.29 is 4.39 Å². The van der Waals surface area contributed by atoms with E-state index < -0.39 is 0 Å². The summed E-state index contributed by atoms with van der Waals surface area (Å²) in [5.74, 6) is 0.134. The van der Waals surface area contributed by atoms with Gasteiger partial charge < -0.3 is 5.73 Å². The van der Waals surface area contributed by atoms with Gasteiger partial charge >= 0.3 is 0 Å². The number of aryl methyl sites for hydroxylation is 2. The lowest BCUT2D eigenvalue weighted by atomic mass is 9.94. The predicted octanol–water partition coefficient (Wildman–Crippen LogP) is 2.89. The molecule has 0 saturated heterocycles. The Bertz CT molecular complexity index is 320. The molecule has 0 bridgehead atoms. The molecule has 0 heterocycles. The molecule has 0 spiro atoms. The standard InChI is InChI=1S/C12H18FN/c1-8-6-10(3)12(13)11(7-8)9(2)4-5-14/h6-7,9H,4-5,14H2,1-3H3. The van der Waals surface area contributed by atoms with Gasteiger partial charge in [0.2, 0.25) is 0 Å². The van der Waals surface area contributed by atoms with Gasteiger partial charge in [-0.05, 0) is 43.9 Å². The lowest BCUT2D eigenvalue weighted by Crippen LogP contribution is -2.07. The minimum absolute atomic E-state index is 0.0726. The van der Waals surface area contributed by atoms with Crippen LogP contribution >= 0.6 is 0 Å². The molecule has 0 fully saturated rings. The number of nitrogens with two attached hydrogens (primary N) is 1. The van der Waals surface area contributed by atoms with Crippen molar-refractivity contribution in [2.75, 3.05) is 6.54 Å². The van der Waals surface area contributed by atoms with Gasteiger partial charge in [0, 0.05) is 0 Å². The van der Waals surface area contributed by atoms with Gasteiger partial charge in [-0.25, -0.2) is 4.39 Å². The number of hydrogen-bond donors (Lipinski definition) is 1. The Morgan fingerprint density at radius 1 is 1.36 bits per heavy atom. The van der Waals surface area contributed by atoms with E-state index in [4.69, 9.17) is 5.73 Å². The molecule has 0 aliphatic rings. The number of hydrogen-bond acceptors (Lipinski definition) is 1. The molecule has 1 aromatic carbocycles. The minimum atomic E-state index is -0.0726. The molecule has 0 radical (unpaired) electrons. The maximum Gasteiger partial charge on any atom is 0.129 e. The summed E-state index contributed by atoms with van der Waals surface area (Å²) in [6.07, 6.45) is 0.833. The van der Waals surface area contributed by atoms with Crippen LogP contribution in [0.4, 0.5) is 4.39 Å². The largest absolute Gasteiger partial charge is 0.330 e. The minimum Gasteiger partial charge on any atom is -0.330 e. The zero-order chi connectivity index (χ0) is 10.7. The second kappa shape index (κ2) is 4.56. The zero-order valence-corrected chi connectivity index (χ0v) is 9.10. The highest BCUT2D eigenvalue weighted by atomic mass is 19.1. The maximum atomic E-state index is 13.7. The van der Waals surface area contributed by atoms with Crippen molar-refractivity contribution >= 4 is 0 Å². The third-order valence-corrected chi connectivity index (χ3v) is 2.56. The summed E-state index contributed by atoms with van der Waals surface area (Å²) in [6, 6.07) is 3.79. The predicted molar refractivity (Wildman–Crippen MR) is 58.0 cm³/mol. The Balaban J connectivity index is 3.07. The van der Waals surface area contributed by atoms with Gasteiger partial charge in [0.1, 0.15) is 5.82 Å². The van der Waals surface area contributed by atoms with Gasteiger partial charge in [-0.3, -0.25) is 0 Å². The van der Waals surface area contributed by atoms with E-state index in [0.717, 1.165) is 23.1 Å². The van der Waals surface area contributed by atoms with Crippen molar-refractivity contribution in [1.82, 2.24) is 0 Å². The Kier molecular flexibility index (Phi) is 3.64. The van der Waals surface area contributed by atoms with E-state index in [9.17, 15) is 4.39 Å². The summed E-state index contributed by atoms with van der Waals surface area (Å²) < 4.78 is 13.7. The van der Waals surface area contributed by atoms with Crippen LogP contribution in [0.3, 0.4) is 0 Å². The molecule has 0 aromatic heterocycles. The Labute approximate surface area is 85.1 Å². The van der Waals surface area contributed by atoms with Gasteiger partial charge in [0.25, 0.3) is 0 Å². The van der Waals surface area contributed by atoms with Crippen LogP contribution in [0.5, 0.6) is 0 Å². The van der Waals surface area contributed by atoms with Crippen molar-refractivity contribution in [2.24, 2.45) is 5.73 Å².